The highest BCUT2D eigenvalue weighted by Crippen LogP contribution is 2.34. The van der Waals surface area contributed by atoms with E-state index in [1.54, 1.807) is 0 Å². The average Bonchev–Trinajstić information content (AvgIpc) is 3.28. The van der Waals surface area contributed by atoms with Crippen LogP contribution in [0.2, 0.25) is 0 Å². The lowest BCUT2D eigenvalue weighted by Crippen LogP contribution is -2.41. The Hall–Kier alpha value is -2.88. The van der Waals surface area contributed by atoms with E-state index in [2.05, 4.69) is 95.2 Å². The first-order valence-electron chi connectivity index (χ1n) is 10.9. The average molecular weight is 397 g/mol. The molecule has 1 aliphatic heterocycles. The minimum absolute atomic E-state index is 0.211. The Morgan fingerprint density at radius 2 is 1.60 bits per heavy atom. The van der Waals surface area contributed by atoms with Crippen molar-refractivity contribution in [1.82, 2.24) is 10.3 Å². The van der Waals surface area contributed by atoms with Gasteiger partial charge in [0, 0.05) is 30.2 Å². The Morgan fingerprint density at radius 1 is 0.867 bits per heavy atom. The molecule has 3 heteroatoms. The minimum atomic E-state index is 0.211. The van der Waals surface area contributed by atoms with Gasteiger partial charge < -0.3 is 15.0 Å². The van der Waals surface area contributed by atoms with Gasteiger partial charge >= 0.3 is 0 Å². The van der Waals surface area contributed by atoms with E-state index < -0.39 is 0 Å². The normalized spacial score (nSPS) is 19.4. The molecule has 152 valence electrons. The number of benzene rings is 3. The Bertz CT molecular complexity index is 1030. The second-order valence-electron chi connectivity index (χ2n) is 8.23. The number of H-pyrrole nitrogens is 1. The molecule has 0 amide bonds. The van der Waals surface area contributed by atoms with Gasteiger partial charge in [-0.2, -0.15) is 0 Å². The Balaban J connectivity index is 1.23. The first kappa shape index (κ1) is 19.1. The molecular formula is C27H28N2O. The third-order valence-electron chi connectivity index (χ3n) is 6.21. The molecule has 1 aliphatic rings. The van der Waals surface area contributed by atoms with Crippen molar-refractivity contribution in [2.24, 2.45) is 0 Å². The summed E-state index contributed by atoms with van der Waals surface area (Å²) in [6, 6.07) is 30.7. The molecule has 4 aromatic rings. The van der Waals surface area contributed by atoms with Gasteiger partial charge in [-0.15, -0.1) is 0 Å². The molecule has 0 spiro atoms. The third kappa shape index (κ3) is 4.18. The quantitative estimate of drug-likeness (QED) is 0.443. The molecule has 0 bridgehead atoms. The van der Waals surface area contributed by atoms with E-state index in [0.717, 1.165) is 26.0 Å². The molecule has 0 aliphatic carbocycles. The SMILES string of the molecule is c1ccc(C(c2ccccc2)[C@@H]2CC[C@H](NCc3ccc4cc[nH]c4c3)CO2)cc1. The number of hydrogen-bond acceptors (Lipinski definition) is 2. The highest BCUT2D eigenvalue weighted by Gasteiger charge is 2.30. The van der Waals surface area contributed by atoms with Crippen LogP contribution in [0.15, 0.2) is 91.1 Å². The van der Waals surface area contributed by atoms with E-state index in [0.29, 0.717) is 6.04 Å². The number of ether oxygens (including phenoxy) is 1. The van der Waals surface area contributed by atoms with Crippen LogP contribution in [0.25, 0.3) is 10.9 Å². The van der Waals surface area contributed by atoms with Crippen molar-refractivity contribution in [3.8, 4) is 0 Å². The smallest absolute Gasteiger partial charge is 0.0685 e. The standard InChI is InChI=1S/C27H28N2O/c1-3-7-22(8-4-1)27(23-9-5-2-6-10-23)26-14-13-24(19-30-26)29-18-20-11-12-21-15-16-28-25(21)17-20/h1-12,15-17,24,26-29H,13-14,18-19H2/t24-,26-/m0/s1. The zero-order valence-corrected chi connectivity index (χ0v) is 17.1. The molecule has 30 heavy (non-hydrogen) atoms. The molecule has 0 saturated carbocycles. The van der Waals surface area contributed by atoms with Crippen molar-refractivity contribution in [2.45, 2.75) is 37.5 Å². The van der Waals surface area contributed by atoms with E-state index in [-0.39, 0.29) is 12.0 Å². The van der Waals surface area contributed by atoms with E-state index in [1.807, 2.05) is 6.20 Å². The van der Waals surface area contributed by atoms with Gasteiger partial charge in [0.25, 0.3) is 0 Å². The van der Waals surface area contributed by atoms with Gasteiger partial charge in [-0.1, -0.05) is 72.8 Å². The summed E-state index contributed by atoms with van der Waals surface area (Å²) in [4.78, 5) is 3.29. The molecule has 0 radical (unpaired) electrons. The Morgan fingerprint density at radius 3 is 2.27 bits per heavy atom. The fourth-order valence-electron chi connectivity index (χ4n) is 4.61. The highest BCUT2D eigenvalue weighted by molar-refractivity contribution is 5.79. The third-order valence-corrected chi connectivity index (χ3v) is 6.21. The summed E-state index contributed by atoms with van der Waals surface area (Å²) in [6.07, 6.45) is 4.39. The predicted octanol–water partition coefficient (Wildman–Crippen LogP) is 5.64. The van der Waals surface area contributed by atoms with Gasteiger partial charge in [0.05, 0.1) is 12.7 Å². The topological polar surface area (TPSA) is 37.0 Å². The molecule has 1 aromatic heterocycles. The summed E-state index contributed by atoms with van der Waals surface area (Å²) in [7, 11) is 0. The zero-order chi connectivity index (χ0) is 20.2. The van der Waals surface area contributed by atoms with E-state index in [4.69, 9.17) is 4.74 Å². The summed E-state index contributed by atoms with van der Waals surface area (Å²) in [6.45, 7) is 1.63. The fraction of sp³-hybridized carbons (Fsp3) is 0.259. The fourth-order valence-corrected chi connectivity index (χ4v) is 4.61. The van der Waals surface area contributed by atoms with Crippen LogP contribution in [0, 0.1) is 0 Å². The first-order chi connectivity index (χ1) is 14.9. The number of rotatable bonds is 6. The van der Waals surface area contributed by atoms with E-state index in [9.17, 15) is 0 Å². The summed E-state index contributed by atoms with van der Waals surface area (Å²) in [5.41, 5.74) is 5.17. The van der Waals surface area contributed by atoms with Crippen LogP contribution in [0.5, 0.6) is 0 Å². The molecule has 1 fully saturated rings. The largest absolute Gasteiger partial charge is 0.376 e. The summed E-state index contributed by atoms with van der Waals surface area (Å²) in [5.74, 6) is 0.281. The molecule has 0 unspecified atom stereocenters. The molecule has 2 N–H and O–H groups in total. The number of aromatic amines is 1. The molecule has 5 rings (SSSR count). The number of hydrogen-bond donors (Lipinski definition) is 2. The number of nitrogens with one attached hydrogen (secondary N) is 2. The van der Waals surface area contributed by atoms with Crippen LogP contribution >= 0.6 is 0 Å². The van der Waals surface area contributed by atoms with Gasteiger partial charge in [-0.3, -0.25) is 0 Å². The second-order valence-corrected chi connectivity index (χ2v) is 8.23. The predicted molar refractivity (Wildman–Crippen MR) is 123 cm³/mol. The van der Waals surface area contributed by atoms with Crippen molar-refractivity contribution in [3.63, 3.8) is 0 Å². The van der Waals surface area contributed by atoms with Crippen molar-refractivity contribution in [1.29, 1.82) is 0 Å². The molecule has 3 aromatic carbocycles. The highest BCUT2D eigenvalue weighted by atomic mass is 16.5. The van der Waals surface area contributed by atoms with E-state index in [1.165, 1.54) is 27.6 Å². The zero-order valence-electron chi connectivity index (χ0n) is 17.1. The van der Waals surface area contributed by atoms with E-state index >= 15 is 0 Å². The lowest BCUT2D eigenvalue weighted by Gasteiger charge is -2.35. The monoisotopic (exact) mass is 396 g/mol. The number of fused-ring (bicyclic) bond motifs is 1. The second kappa shape index (κ2) is 8.86. The maximum Gasteiger partial charge on any atom is 0.0685 e. The van der Waals surface area contributed by atoms with Gasteiger partial charge in [0.2, 0.25) is 0 Å². The summed E-state index contributed by atoms with van der Waals surface area (Å²) >= 11 is 0. The molecule has 1 saturated heterocycles. The van der Waals surface area contributed by atoms with Crippen LogP contribution < -0.4 is 5.32 Å². The van der Waals surface area contributed by atoms with Crippen LogP contribution in [0.3, 0.4) is 0 Å². The first-order valence-corrected chi connectivity index (χ1v) is 10.9. The van der Waals surface area contributed by atoms with Crippen LogP contribution in [0.1, 0.15) is 35.4 Å². The summed E-state index contributed by atoms with van der Waals surface area (Å²) < 4.78 is 6.44. The Kier molecular flexibility index (Phi) is 5.65. The maximum absolute atomic E-state index is 6.44. The molecule has 2 atom stereocenters. The minimum Gasteiger partial charge on any atom is -0.376 e. The molecule has 3 nitrogen and oxygen atoms in total. The van der Waals surface area contributed by atoms with Crippen LogP contribution in [-0.2, 0) is 11.3 Å². The van der Waals surface area contributed by atoms with Crippen LogP contribution in [-0.4, -0.2) is 23.7 Å². The summed E-state index contributed by atoms with van der Waals surface area (Å²) in [5, 5.41) is 4.95. The van der Waals surface area contributed by atoms with Crippen molar-refractivity contribution < 1.29 is 4.74 Å². The van der Waals surface area contributed by atoms with Gasteiger partial charge in [-0.25, -0.2) is 0 Å². The lowest BCUT2D eigenvalue weighted by atomic mass is 9.83. The van der Waals surface area contributed by atoms with Gasteiger partial charge in [0.15, 0.2) is 0 Å². The number of aromatic nitrogens is 1. The lowest BCUT2D eigenvalue weighted by molar-refractivity contribution is -0.0116. The van der Waals surface area contributed by atoms with Crippen LogP contribution in [0.4, 0.5) is 0 Å². The van der Waals surface area contributed by atoms with Crippen molar-refractivity contribution in [2.75, 3.05) is 6.61 Å². The van der Waals surface area contributed by atoms with Crippen molar-refractivity contribution >= 4 is 10.9 Å². The maximum atomic E-state index is 6.44. The molecule has 2 heterocycles. The Labute approximate surface area is 178 Å². The van der Waals surface area contributed by atoms with Crippen molar-refractivity contribution in [3.05, 3.63) is 108 Å². The molecular weight excluding hydrogens is 368 g/mol. The van der Waals surface area contributed by atoms with Gasteiger partial charge in [0.1, 0.15) is 0 Å². The van der Waals surface area contributed by atoms with Gasteiger partial charge in [-0.05, 0) is 47.1 Å².